The van der Waals surface area contributed by atoms with Gasteiger partial charge in [0.05, 0.1) is 18.7 Å². The van der Waals surface area contributed by atoms with Crippen LogP contribution in [0.1, 0.15) is 24.2 Å². The molecule has 0 N–H and O–H groups in total. The minimum absolute atomic E-state index is 0.0796. The highest BCUT2D eigenvalue weighted by atomic mass is 19.1. The van der Waals surface area contributed by atoms with E-state index in [1.54, 1.807) is 11.9 Å². The Hall–Kier alpha value is -1.82. The molecule has 0 saturated heterocycles. The number of likely N-dealkylation sites (N-methyl/N-ethyl adjacent to an activating group) is 2. The molecule has 0 bridgehead atoms. The third kappa shape index (κ3) is 4.90. The second kappa shape index (κ2) is 7.83. The third-order valence-electron chi connectivity index (χ3n) is 3.17. The summed E-state index contributed by atoms with van der Waals surface area (Å²) in [5.74, 6) is -2.19. The summed E-state index contributed by atoms with van der Waals surface area (Å²) in [5.41, 5.74) is -0.168. The molecule has 0 aliphatic rings. The zero-order valence-electron chi connectivity index (χ0n) is 12.5. The van der Waals surface area contributed by atoms with Crippen LogP contribution in [0.2, 0.25) is 0 Å². The number of amides is 1. The number of ketones is 1. The van der Waals surface area contributed by atoms with Gasteiger partial charge in [0.1, 0.15) is 11.6 Å². The number of rotatable bonds is 7. The summed E-state index contributed by atoms with van der Waals surface area (Å²) in [6.45, 7) is 4.93. The Morgan fingerprint density at radius 1 is 1.10 bits per heavy atom. The number of carbonyl (C=O) groups is 2. The molecule has 21 heavy (non-hydrogen) atoms. The van der Waals surface area contributed by atoms with Gasteiger partial charge in [-0.15, -0.1) is 0 Å². The fourth-order valence-electron chi connectivity index (χ4n) is 2.01. The molecule has 0 aromatic heterocycles. The van der Waals surface area contributed by atoms with E-state index in [9.17, 15) is 18.4 Å². The summed E-state index contributed by atoms with van der Waals surface area (Å²) in [7, 11) is 1.61. The number of hydrogen-bond acceptors (Lipinski definition) is 3. The van der Waals surface area contributed by atoms with Crippen molar-refractivity contribution in [2.45, 2.75) is 13.8 Å². The minimum Gasteiger partial charge on any atom is -0.342 e. The van der Waals surface area contributed by atoms with Gasteiger partial charge in [0.25, 0.3) is 0 Å². The molecule has 6 heteroatoms. The molecule has 116 valence electrons. The molecule has 1 aromatic rings. The molecule has 0 aliphatic heterocycles. The number of benzene rings is 1. The van der Waals surface area contributed by atoms with Crippen LogP contribution in [-0.4, -0.2) is 54.7 Å². The first-order valence-corrected chi connectivity index (χ1v) is 6.83. The van der Waals surface area contributed by atoms with E-state index < -0.39 is 17.4 Å². The van der Waals surface area contributed by atoms with Crippen LogP contribution < -0.4 is 0 Å². The molecule has 0 radical (unpaired) electrons. The van der Waals surface area contributed by atoms with E-state index in [-0.39, 0.29) is 24.6 Å². The molecule has 0 heterocycles. The van der Waals surface area contributed by atoms with Gasteiger partial charge in [-0.25, -0.2) is 8.78 Å². The van der Waals surface area contributed by atoms with Gasteiger partial charge in [-0.3, -0.25) is 14.5 Å². The summed E-state index contributed by atoms with van der Waals surface area (Å²) in [4.78, 5) is 27.0. The van der Waals surface area contributed by atoms with Gasteiger partial charge in [-0.2, -0.15) is 0 Å². The van der Waals surface area contributed by atoms with Gasteiger partial charge in [0.2, 0.25) is 5.91 Å². The molecule has 1 amide bonds. The van der Waals surface area contributed by atoms with Gasteiger partial charge >= 0.3 is 0 Å². The Morgan fingerprint density at radius 2 is 1.71 bits per heavy atom. The lowest BCUT2D eigenvalue weighted by atomic mass is 10.1. The topological polar surface area (TPSA) is 40.6 Å². The molecular formula is C15H20F2N2O2. The van der Waals surface area contributed by atoms with E-state index in [1.165, 1.54) is 4.90 Å². The SMILES string of the molecule is CCN(CC)C(=O)CN(C)CC(=O)c1ccc(F)cc1F. The maximum Gasteiger partial charge on any atom is 0.236 e. The molecular weight excluding hydrogens is 278 g/mol. The molecule has 0 saturated carbocycles. The van der Waals surface area contributed by atoms with Crippen molar-refractivity contribution in [2.24, 2.45) is 0 Å². The first-order valence-electron chi connectivity index (χ1n) is 6.83. The van der Waals surface area contributed by atoms with Crippen molar-refractivity contribution in [1.29, 1.82) is 0 Å². The predicted octanol–water partition coefficient (Wildman–Crippen LogP) is 1.95. The Balaban J connectivity index is 2.64. The fraction of sp³-hybridized carbons (Fsp3) is 0.467. The summed E-state index contributed by atoms with van der Waals surface area (Å²) >= 11 is 0. The second-order valence-corrected chi connectivity index (χ2v) is 4.79. The van der Waals surface area contributed by atoms with E-state index in [0.717, 1.165) is 12.1 Å². The van der Waals surface area contributed by atoms with E-state index >= 15 is 0 Å². The van der Waals surface area contributed by atoms with Crippen LogP contribution in [0.3, 0.4) is 0 Å². The quantitative estimate of drug-likeness (QED) is 0.722. The van der Waals surface area contributed by atoms with Crippen LogP contribution in [0, 0.1) is 11.6 Å². The Labute approximate surface area is 123 Å². The average Bonchev–Trinajstić information content (AvgIpc) is 2.39. The van der Waals surface area contributed by atoms with E-state index in [1.807, 2.05) is 13.8 Å². The van der Waals surface area contributed by atoms with Crippen molar-refractivity contribution in [1.82, 2.24) is 9.80 Å². The average molecular weight is 298 g/mol. The minimum atomic E-state index is -0.886. The summed E-state index contributed by atoms with van der Waals surface area (Å²) in [5, 5.41) is 0. The maximum atomic E-state index is 13.5. The number of carbonyl (C=O) groups excluding carboxylic acids is 2. The van der Waals surface area contributed by atoms with Gasteiger partial charge in [0, 0.05) is 19.2 Å². The lowest BCUT2D eigenvalue weighted by molar-refractivity contribution is -0.131. The molecule has 1 rings (SSSR count). The molecule has 0 spiro atoms. The van der Waals surface area contributed by atoms with E-state index in [4.69, 9.17) is 0 Å². The standard InChI is InChI=1S/C15H20F2N2O2/c1-4-19(5-2)15(21)10-18(3)9-14(20)12-7-6-11(16)8-13(12)17/h6-8H,4-5,9-10H2,1-3H3. The normalized spacial score (nSPS) is 10.8. The van der Waals surface area contributed by atoms with Crippen LogP contribution in [0.25, 0.3) is 0 Å². The molecule has 4 nitrogen and oxygen atoms in total. The number of Topliss-reactive ketones (excluding diaryl/α,β-unsaturated/α-hetero) is 1. The zero-order chi connectivity index (χ0) is 16.0. The van der Waals surface area contributed by atoms with Crippen LogP contribution in [-0.2, 0) is 4.79 Å². The van der Waals surface area contributed by atoms with Gasteiger partial charge in [0.15, 0.2) is 5.78 Å². The third-order valence-corrected chi connectivity index (χ3v) is 3.17. The Morgan fingerprint density at radius 3 is 2.24 bits per heavy atom. The van der Waals surface area contributed by atoms with Gasteiger partial charge in [-0.1, -0.05) is 0 Å². The van der Waals surface area contributed by atoms with Crippen LogP contribution >= 0.6 is 0 Å². The Bertz CT molecular complexity index is 516. The Kier molecular flexibility index (Phi) is 6.42. The van der Waals surface area contributed by atoms with Crippen LogP contribution in [0.15, 0.2) is 18.2 Å². The highest BCUT2D eigenvalue weighted by Gasteiger charge is 2.17. The number of hydrogen-bond donors (Lipinski definition) is 0. The van der Waals surface area contributed by atoms with Crippen molar-refractivity contribution < 1.29 is 18.4 Å². The van der Waals surface area contributed by atoms with Crippen LogP contribution in [0.4, 0.5) is 8.78 Å². The van der Waals surface area contributed by atoms with Crippen molar-refractivity contribution in [3.63, 3.8) is 0 Å². The largest absolute Gasteiger partial charge is 0.342 e. The smallest absolute Gasteiger partial charge is 0.236 e. The lowest BCUT2D eigenvalue weighted by Crippen LogP contribution is -2.40. The van der Waals surface area contributed by atoms with E-state index in [2.05, 4.69) is 0 Å². The second-order valence-electron chi connectivity index (χ2n) is 4.79. The highest BCUT2D eigenvalue weighted by molar-refractivity contribution is 5.98. The molecule has 0 unspecified atom stereocenters. The van der Waals surface area contributed by atoms with E-state index in [0.29, 0.717) is 19.2 Å². The fourth-order valence-corrected chi connectivity index (χ4v) is 2.01. The van der Waals surface area contributed by atoms with Gasteiger partial charge < -0.3 is 4.90 Å². The summed E-state index contributed by atoms with van der Waals surface area (Å²) in [6, 6.07) is 2.83. The molecule has 0 aliphatic carbocycles. The maximum absolute atomic E-state index is 13.5. The monoisotopic (exact) mass is 298 g/mol. The first-order chi connectivity index (χ1) is 9.88. The molecule has 0 fully saturated rings. The zero-order valence-corrected chi connectivity index (χ0v) is 12.5. The van der Waals surface area contributed by atoms with Gasteiger partial charge in [-0.05, 0) is 33.0 Å². The molecule has 0 atom stereocenters. The van der Waals surface area contributed by atoms with Crippen LogP contribution in [0.5, 0.6) is 0 Å². The number of halogens is 2. The van der Waals surface area contributed by atoms with Crippen molar-refractivity contribution >= 4 is 11.7 Å². The lowest BCUT2D eigenvalue weighted by Gasteiger charge is -2.22. The highest BCUT2D eigenvalue weighted by Crippen LogP contribution is 2.10. The summed E-state index contributed by atoms with van der Waals surface area (Å²) < 4.78 is 26.3. The van der Waals surface area contributed by atoms with Crippen molar-refractivity contribution in [2.75, 3.05) is 33.2 Å². The predicted molar refractivity (Wildman–Crippen MR) is 76.1 cm³/mol. The number of nitrogens with zero attached hydrogens (tertiary/aromatic N) is 2. The summed E-state index contributed by atoms with van der Waals surface area (Å²) in [6.07, 6.45) is 0. The first kappa shape index (κ1) is 17.2. The van der Waals surface area contributed by atoms with Crippen molar-refractivity contribution in [3.8, 4) is 0 Å². The van der Waals surface area contributed by atoms with Crippen molar-refractivity contribution in [3.05, 3.63) is 35.4 Å². The molecule has 1 aromatic carbocycles.